The molecule has 102 valence electrons. The Bertz CT molecular complexity index is 219. The topological polar surface area (TPSA) is 36.4 Å². The Kier molecular flexibility index (Phi) is 9.00. The predicted molar refractivity (Wildman–Crippen MR) is 86.3 cm³/mol. The van der Waals surface area contributed by atoms with Crippen molar-refractivity contribution in [3.63, 3.8) is 0 Å². The maximum Gasteiger partial charge on any atom is 0.191 e. The maximum atomic E-state index is 4.71. The normalized spacial score (nSPS) is 17.9. The number of nitrogens with one attached hydrogen (secondary N) is 2. The molecule has 0 saturated heterocycles. The molecule has 0 atom stereocenters. The molecule has 0 aromatic carbocycles. The average molecular weight is 353 g/mol. The van der Waals surface area contributed by atoms with Crippen LogP contribution in [0, 0.1) is 5.41 Å². The zero-order chi connectivity index (χ0) is 11.9. The van der Waals surface area contributed by atoms with Crippen molar-refractivity contribution in [2.75, 3.05) is 19.6 Å². The summed E-state index contributed by atoms with van der Waals surface area (Å²) in [4.78, 5) is 4.71. The fraction of sp³-hybridized carbons (Fsp3) is 0.923. The second kappa shape index (κ2) is 9.00. The molecule has 0 amide bonds. The number of rotatable bonds is 6. The predicted octanol–water partition coefficient (Wildman–Crippen LogP) is 3.15. The molecule has 1 aliphatic carbocycles. The SMILES string of the molecule is CCCNC(=NCC1(CC)CCC1)NCC.I. The molecule has 1 rings (SSSR count). The fourth-order valence-corrected chi connectivity index (χ4v) is 2.13. The first-order chi connectivity index (χ1) is 7.76. The summed E-state index contributed by atoms with van der Waals surface area (Å²) in [6.07, 6.45) is 6.52. The third-order valence-corrected chi connectivity index (χ3v) is 3.62. The van der Waals surface area contributed by atoms with E-state index in [1.807, 2.05) is 0 Å². The molecular weight excluding hydrogens is 325 g/mol. The lowest BCUT2D eigenvalue weighted by molar-refractivity contribution is 0.139. The highest BCUT2D eigenvalue weighted by atomic mass is 127. The summed E-state index contributed by atoms with van der Waals surface area (Å²) < 4.78 is 0. The van der Waals surface area contributed by atoms with Crippen molar-refractivity contribution < 1.29 is 0 Å². The first kappa shape index (κ1) is 17.0. The van der Waals surface area contributed by atoms with E-state index in [0.717, 1.165) is 32.0 Å². The van der Waals surface area contributed by atoms with Crippen molar-refractivity contribution in [2.24, 2.45) is 10.4 Å². The standard InChI is InChI=1S/C13H27N3.HI/c1-4-10-15-12(14-6-3)16-11-13(5-2)8-7-9-13;/h4-11H2,1-3H3,(H2,14,15,16);1H. The largest absolute Gasteiger partial charge is 0.357 e. The number of halogens is 1. The minimum absolute atomic E-state index is 0. The average Bonchev–Trinajstić information content (AvgIpc) is 2.24. The quantitative estimate of drug-likeness (QED) is 0.437. The summed E-state index contributed by atoms with van der Waals surface area (Å²) in [5.41, 5.74) is 0.522. The van der Waals surface area contributed by atoms with Crippen LogP contribution in [0.15, 0.2) is 4.99 Å². The van der Waals surface area contributed by atoms with Crippen LogP contribution in [0.3, 0.4) is 0 Å². The highest BCUT2D eigenvalue weighted by Gasteiger charge is 2.34. The molecule has 0 heterocycles. The van der Waals surface area contributed by atoms with Gasteiger partial charge in [0.1, 0.15) is 0 Å². The molecule has 3 nitrogen and oxygen atoms in total. The van der Waals surface area contributed by atoms with Crippen LogP contribution in [0.4, 0.5) is 0 Å². The van der Waals surface area contributed by atoms with Gasteiger partial charge < -0.3 is 10.6 Å². The zero-order valence-corrected chi connectivity index (χ0v) is 13.8. The van der Waals surface area contributed by atoms with E-state index < -0.39 is 0 Å². The van der Waals surface area contributed by atoms with Crippen molar-refractivity contribution in [1.82, 2.24) is 10.6 Å². The van der Waals surface area contributed by atoms with Crippen molar-refractivity contribution in [2.45, 2.75) is 52.9 Å². The number of hydrogen-bond acceptors (Lipinski definition) is 1. The Balaban J connectivity index is 0.00000256. The van der Waals surface area contributed by atoms with Crippen molar-refractivity contribution >= 4 is 29.9 Å². The lowest BCUT2D eigenvalue weighted by Gasteiger charge is -2.40. The molecule has 0 aromatic heterocycles. The van der Waals surface area contributed by atoms with Crippen LogP contribution >= 0.6 is 24.0 Å². The Labute approximate surface area is 123 Å². The second-order valence-corrected chi connectivity index (χ2v) is 4.83. The summed E-state index contributed by atoms with van der Waals surface area (Å²) in [5.74, 6) is 0.990. The minimum atomic E-state index is 0. The molecule has 2 N–H and O–H groups in total. The van der Waals surface area contributed by atoms with Gasteiger partial charge in [-0.15, -0.1) is 24.0 Å². The summed E-state index contributed by atoms with van der Waals surface area (Å²) in [6, 6.07) is 0. The van der Waals surface area contributed by atoms with Gasteiger partial charge in [0.25, 0.3) is 0 Å². The molecule has 0 radical (unpaired) electrons. The molecule has 17 heavy (non-hydrogen) atoms. The van der Waals surface area contributed by atoms with E-state index in [4.69, 9.17) is 4.99 Å². The van der Waals surface area contributed by atoms with Gasteiger partial charge in [0.2, 0.25) is 0 Å². The van der Waals surface area contributed by atoms with Gasteiger partial charge >= 0.3 is 0 Å². The van der Waals surface area contributed by atoms with E-state index >= 15 is 0 Å². The fourth-order valence-electron chi connectivity index (χ4n) is 2.13. The number of aliphatic imine (C=N–C) groups is 1. The van der Waals surface area contributed by atoms with Crippen molar-refractivity contribution in [1.29, 1.82) is 0 Å². The van der Waals surface area contributed by atoms with Crippen LogP contribution < -0.4 is 10.6 Å². The highest BCUT2D eigenvalue weighted by Crippen LogP contribution is 2.43. The smallest absolute Gasteiger partial charge is 0.191 e. The molecule has 1 aliphatic rings. The molecule has 0 unspecified atom stereocenters. The van der Waals surface area contributed by atoms with E-state index in [2.05, 4.69) is 31.4 Å². The van der Waals surface area contributed by atoms with Gasteiger partial charge in [-0.1, -0.05) is 20.3 Å². The molecular formula is C13H28IN3. The van der Waals surface area contributed by atoms with Gasteiger partial charge in [-0.25, -0.2) is 0 Å². The molecule has 0 bridgehead atoms. The van der Waals surface area contributed by atoms with Crippen molar-refractivity contribution in [3.8, 4) is 0 Å². The summed E-state index contributed by atoms with van der Waals surface area (Å²) in [5, 5.41) is 6.66. The zero-order valence-electron chi connectivity index (χ0n) is 11.5. The summed E-state index contributed by atoms with van der Waals surface area (Å²) in [7, 11) is 0. The molecule has 1 fully saturated rings. The highest BCUT2D eigenvalue weighted by molar-refractivity contribution is 14.0. The van der Waals surface area contributed by atoms with Gasteiger partial charge in [0.15, 0.2) is 5.96 Å². The summed E-state index contributed by atoms with van der Waals surface area (Å²) in [6.45, 7) is 9.52. The molecule has 0 spiro atoms. The van der Waals surface area contributed by atoms with E-state index in [-0.39, 0.29) is 24.0 Å². The Morgan fingerprint density at radius 3 is 2.29 bits per heavy atom. The summed E-state index contributed by atoms with van der Waals surface area (Å²) >= 11 is 0. The van der Waals surface area contributed by atoms with Gasteiger partial charge in [-0.05, 0) is 38.0 Å². The van der Waals surface area contributed by atoms with Gasteiger partial charge in [0, 0.05) is 19.6 Å². The number of nitrogens with zero attached hydrogens (tertiary/aromatic N) is 1. The van der Waals surface area contributed by atoms with Gasteiger partial charge in [-0.2, -0.15) is 0 Å². The number of guanidine groups is 1. The van der Waals surface area contributed by atoms with Crippen LogP contribution in [-0.2, 0) is 0 Å². The monoisotopic (exact) mass is 353 g/mol. The van der Waals surface area contributed by atoms with Crippen LogP contribution in [0.5, 0.6) is 0 Å². The Morgan fingerprint density at radius 2 is 1.88 bits per heavy atom. The van der Waals surface area contributed by atoms with Crippen LogP contribution in [0.2, 0.25) is 0 Å². The Morgan fingerprint density at radius 1 is 1.18 bits per heavy atom. The van der Waals surface area contributed by atoms with Crippen LogP contribution in [-0.4, -0.2) is 25.6 Å². The lowest BCUT2D eigenvalue weighted by atomic mass is 9.67. The third kappa shape index (κ3) is 5.44. The van der Waals surface area contributed by atoms with Crippen LogP contribution in [0.1, 0.15) is 52.9 Å². The number of hydrogen-bond donors (Lipinski definition) is 2. The maximum absolute atomic E-state index is 4.71. The van der Waals surface area contributed by atoms with E-state index in [1.54, 1.807) is 0 Å². The van der Waals surface area contributed by atoms with Gasteiger partial charge in [-0.3, -0.25) is 4.99 Å². The first-order valence-electron chi connectivity index (χ1n) is 6.78. The first-order valence-corrected chi connectivity index (χ1v) is 6.78. The van der Waals surface area contributed by atoms with Crippen molar-refractivity contribution in [3.05, 3.63) is 0 Å². The molecule has 1 saturated carbocycles. The minimum Gasteiger partial charge on any atom is -0.357 e. The van der Waals surface area contributed by atoms with Gasteiger partial charge in [0.05, 0.1) is 0 Å². The Hall–Kier alpha value is 0. The molecule has 0 aromatic rings. The lowest BCUT2D eigenvalue weighted by Crippen LogP contribution is -2.40. The van der Waals surface area contributed by atoms with E-state index in [0.29, 0.717) is 5.41 Å². The molecule has 4 heteroatoms. The van der Waals surface area contributed by atoms with E-state index in [1.165, 1.54) is 25.7 Å². The van der Waals surface area contributed by atoms with Crippen LogP contribution in [0.25, 0.3) is 0 Å². The third-order valence-electron chi connectivity index (χ3n) is 3.62. The van der Waals surface area contributed by atoms with E-state index in [9.17, 15) is 0 Å². The second-order valence-electron chi connectivity index (χ2n) is 4.83. The molecule has 0 aliphatic heterocycles.